The monoisotopic (exact) mass is 410 g/mol. The predicted octanol–water partition coefficient (Wildman–Crippen LogP) is 3.20. The summed E-state index contributed by atoms with van der Waals surface area (Å²) in [6.45, 7) is 9.41. The third-order valence-electron chi connectivity index (χ3n) is 4.88. The van der Waals surface area contributed by atoms with Crippen LogP contribution in [0.1, 0.15) is 37.5 Å². The molecular formula is C24H34N4O2. The van der Waals surface area contributed by atoms with Gasteiger partial charge in [0.2, 0.25) is 0 Å². The Balaban J connectivity index is 1.71. The highest BCUT2D eigenvalue weighted by molar-refractivity contribution is 5.85. The molecule has 0 saturated heterocycles. The Morgan fingerprint density at radius 2 is 1.67 bits per heavy atom. The average molecular weight is 411 g/mol. The minimum Gasteiger partial charge on any atom is -0.507 e. The summed E-state index contributed by atoms with van der Waals surface area (Å²) in [7, 11) is 4.00. The maximum absolute atomic E-state index is 12.0. The number of phenols is 1. The van der Waals surface area contributed by atoms with Gasteiger partial charge in [0.15, 0.2) is 0 Å². The number of likely N-dealkylation sites (N-methyl/N-ethyl adjacent to an activating group) is 2. The number of benzene rings is 2. The van der Waals surface area contributed by atoms with Crippen molar-refractivity contribution >= 4 is 12.1 Å². The second kappa shape index (κ2) is 10.9. The van der Waals surface area contributed by atoms with E-state index < -0.39 is 0 Å². The van der Waals surface area contributed by atoms with Crippen molar-refractivity contribution in [2.75, 3.05) is 33.7 Å². The van der Waals surface area contributed by atoms with Crippen molar-refractivity contribution in [2.24, 2.45) is 5.10 Å². The molecule has 0 radical (unpaired) electrons. The van der Waals surface area contributed by atoms with Gasteiger partial charge < -0.3 is 10.0 Å². The molecule has 0 heterocycles. The quantitative estimate of drug-likeness (QED) is 0.492. The molecule has 2 N–H and O–H groups in total. The fourth-order valence-electron chi connectivity index (χ4n) is 2.97. The van der Waals surface area contributed by atoms with Gasteiger partial charge in [0, 0.05) is 25.2 Å². The van der Waals surface area contributed by atoms with Crippen molar-refractivity contribution < 1.29 is 9.90 Å². The lowest BCUT2D eigenvalue weighted by Crippen LogP contribution is -2.37. The van der Waals surface area contributed by atoms with Crippen molar-refractivity contribution in [1.82, 2.24) is 15.2 Å². The molecule has 0 aliphatic carbocycles. The van der Waals surface area contributed by atoms with Crippen LogP contribution in [-0.2, 0) is 16.8 Å². The lowest BCUT2D eigenvalue weighted by Gasteiger charge is -2.22. The van der Waals surface area contributed by atoms with Gasteiger partial charge in [-0.1, -0.05) is 57.2 Å². The molecule has 0 aliphatic rings. The number of hydrogen-bond donors (Lipinski definition) is 2. The zero-order valence-corrected chi connectivity index (χ0v) is 18.7. The van der Waals surface area contributed by atoms with E-state index in [1.54, 1.807) is 24.3 Å². The Kier molecular flexibility index (Phi) is 8.57. The van der Waals surface area contributed by atoms with Gasteiger partial charge in [-0.05, 0) is 42.8 Å². The largest absolute Gasteiger partial charge is 0.507 e. The molecule has 0 spiro atoms. The second-order valence-corrected chi connectivity index (χ2v) is 8.77. The van der Waals surface area contributed by atoms with Gasteiger partial charge in [-0.3, -0.25) is 9.69 Å². The number of carbonyl (C=O) groups is 1. The molecule has 1 amide bonds. The summed E-state index contributed by atoms with van der Waals surface area (Å²) in [5.74, 6) is -0.0618. The summed E-state index contributed by atoms with van der Waals surface area (Å²) in [6.07, 6.45) is 1.44. The molecule has 6 heteroatoms. The highest BCUT2D eigenvalue weighted by Gasteiger charge is 2.13. The molecule has 162 valence electrons. The fraction of sp³-hybridized carbons (Fsp3) is 0.417. The van der Waals surface area contributed by atoms with E-state index in [4.69, 9.17) is 0 Å². The van der Waals surface area contributed by atoms with Crippen LogP contribution in [0.4, 0.5) is 0 Å². The SMILES string of the molecule is CN(CCN(C)Cc1ccc(C(C)(C)C)cc1)CC(=O)N/N=C/c1ccccc1O. The van der Waals surface area contributed by atoms with Gasteiger partial charge in [-0.15, -0.1) is 0 Å². The van der Waals surface area contributed by atoms with E-state index in [0.29, 0.717) is 5.56 Å². The van der Waals surface area contributed by atoms with Crippen LogP contribution in [0.25, 0.3) is 0 Å². The Hall–Kier alpha value is -2.70. The molecule has 0 atom stereocenters. The number of nitrogens with one attached hydrogen (secondary N) is 1. The Bertz CT molecular complexity index is 841. The average Bonchev–Trinajstić information content (AvgIpc) is 2.67. The summed E-state index contributed by atoms with van der Waals surface area (Å²) >= 11 is 0. The number of amides is 1. The van der Waals surface area contributed by atoms with E-state index in [1.165, 1.54) is 17.3 Å². The standard InChI is InChI=1S/C24H34N4O2/c1-24(2,3)21-12-10-19(11-13-21)17-27(4)14-15-28(5)18-23(30)26-25-16-20-8-6-7-9-22(20)29/h6-13,16,29H,14-15,17-18H2,1-5H3,(H,26,30)/b25-16+. The topological polar surface area (TPSA) is 68.2 Å². The molecular weight excluding hydrogens is 376 g/mol. The minimum absolute atomic E-state index is 0.128. The molecule has 2 aromatic rings. The van der Waals surface area contributed by atoms with Gasteiger partial charge in [-0.2, -0.15) is 5.10 Å². The van der Waals surface area contributed by atoms with E-state index in [9.17, 15) is 9.90 Å². The second-order valence-electron chi connectivity index (χ2n) is 8.77. The van der Waals surface area contributed by atoms with Crippen molar-refractivity contribution in [2.45, 2.75) is 32.7 Å². The third kappa shape index (κ3) is 7.97. The zero-order valence-electron chi connectivity index (χ0n) is 18.7. The third-order valence-corrected chi connectivity index (χ3v) is 4.88. The van der Waals surface area contributed by atoms with Crippen LogP contribution >= 0.6 is 0 Å². The molecule has 6 nitrogen and oxygen atoms in total. The number of rotatable bonds is 9. The number of aromatic hydroxyl groups is 1. The molecule has 30 heavy (non-hydrogen) atoms. The first-order chi connectivity index (χ1) is 14.1. The molecule has 0 aromatic heterocycles. The highest BCUT2D eigenvalue weighted by atomic mass is 16.3. The number of hydrazone groups is 1. The molecule has 0 bridgehead atoms. The first-order valence-corrected chi connectivity index (χ1v) is 10.2. The summed E-state index contributed by atoms with van der Waals surface area (Å²) in [5.41, 5.74) is 5.84. The van der Waals surface area contributed by atoms with Crippen molar-refractivity contribution in [3.63, 3.8) is 0 Å². The van der Waals surface area contributed by atoms with Gasteiger partial charge in [0.1, 0.15) is 5.75 Å². The summed E-state index contributed by atoms with van der Waals surface area (Å²) in [4.78, 5) is 16.2. The predicted molar refractivity (Wildman–Crippen MR) is 123 cm³/mol. The molecule has 0 aliphatic heterocycles. The van der Waals surface area contributed by atoms with E-state index >= 15 is 0 Å². The van der Waals surface area contributed by atoms with Gasteiger partial charge in [0.25, 0.3) is 5.91 Å². The van der Waals surface area contributed by atoms with Crippen molar-refractivity contribution in [3.05, 3.63) is 65.2 Å². The fourth-order valence-corrected chi connectivity index (χ4v) is 2.97. The first kappa shape index (κ1) is 23.6. The number of hydrogen-bond acceptors (Lipinski definition) is 5. The van der Waals surface area contributed by atoms with E-state index in [0.717, 1.165) is 19.6 Å². The molecule has 0 saturated carbocycles. The molecule has 2 rings (SSSR count). The Morgan fingerprint density at radius 3 is 2.30 bits per heavy atom. The zero-order chi connectivity index (χ0) is 22.1. The van der Waals surface area contributed by atoms with Gasteiger partial charge >= 0.3 is 0 Å². The van der Waals surface area contributed by atoms with Crippen LogP contribution in [0.2, 0.25) is 0 Å². The highest BCUT2D eigenvalue weighted by Crippen LogP contribution is 2.22. The first-order valence-electron chi connectivity index (χ1n) is 10.2. The lowest BCUT2D eigenvalue weighted by molar-refractivity contribution is -0.121. The normalized spacial score (nSPS) is 12.1. The molecule has 0 fully saturated rings. The van der Waals surface area contributed by atoms with Crippen LogP contribution in [0, 0.1) is 0 Å². The Morgan fingerprint density at radius 1 is 1.03 bits per heavy atom. The molecule has 0 unspecified atom stereocenters. The summed E-state index contributed by atoms with van der Waals surface area (Å²) in [6, 6.07) is 15.6. The number of phenolic OH excluding ortho intramolecular Hbond substituents is 1. The maximum Gasteiger partial charge on any atom is 0.254 e. The van der Waals surface area contributed by atoms with Crippen LogP contribution in [0.15, 0.2) is 53.6 Å². The van der Waals surface area contributed by atoms with Gasteiger partial charge in [0.05, 0.1) is 12.8 Å². The van der Waals surface area contributed by atoms with E-state index in [1.807, 2.05) is 11.9 Å². The number of para-hydroxylation sites is 1. The van der Waals surface area contributed by atoms with Crippen LogP contribution in [0.3, 0.4) is 0 Å². The minimum atomic E-state index is -0.190. The smallest absolute Gasteiger partial charge is 0.254 e. The number of nitrogens with zero attached hydrogens (tertiary/aromatic N) is 3. The van der Waals surface area contributed by atoms with E-state index in [2.05, 4.69) is 67.5 Å². The van der Waals surface area contributed by atoms with Crippen molar-refractivity contribution in [1.29, 1.82) is 0 Å². The van der Waals surface area contributed by atoms with Crippen LogP contribution in [-0.4, -0.2) is 60.8 Å². The Labute approximate surface area is 180 Å². The molecule has 2 aromatic carbocycles. The number of carbonyl (C=O) groups excluding carboxylic acids is 1. The maximum atomic E-state index is 12.0. The summed E-state index contributed by atoms with van der Waals surface area (Å²) < 4.78 is 0. The van der Waals surface area contributed by atoms with Crippen LogP contribution < -0.4 is 5.43 Å². The summed E-state index contributed by atoms with van der Waals surface area (Å²) in [5, 5.41) is 13.6. The lowest BCUT2D eigenvalue weighted by atomic mass is 9.87. The van der Waals surface area contributed by atoms with Crippen molar-refractivity contribution in [3.8, 4) is 5.75 Å². The van der Waals surface area contributed by atoms with Crippen LogP contribution in [0.5, 0.6) is 5.75 Å². The van der Waals surface area contributed by atoms with Gasteiger partial charge in [-0.25, -0.2) is 5.43 Å². The van der Waals surface area contributed by atoms with E-state index in [-0.39, 0.29) is 23.6 Å².